The van der Waals surface area contributed by atoms with E-state index in [4.69, 9.17) is 0 Å². The number of benzene rings is 1. The van der Waals surface area contributed by atoms with E-state index in [1.165, 1.54) is 23.1 Å². The molecule has 1 atom stereocenters. The highest BCUT2D eigenvalue weighted by Crippen LogP contribution is 2.22. The highest BCUT2D eigenvalue weighted by Gasteiger charge is 2.16. The maximum atomic E-state index is 12.3. The first-order valence-corrected chi connectivity index (χ1v) is 9.25. The molecule has 1 amide bonds. The van der Waals surface area contributed by atoms with Gasteiger partial charge in [-0.2, -0.15) is 5.10 Å². The largest absolute Gasteiger partial charge is 0.347 e. The van der Waals surface area contributed by atoms with E-state index in [-0.39, 0.29) is 11.9 Å². The smallest absolute Gasteiger partial charge is 0.230 e. The number of aromatic nitrogens is 4. The van der Waals surface area contributed by atoms with E-state index in [1.54, 1.807) is 6.20 Å². The van der Waals surface area contributed by atoms with E-state index in [9.17, 15) is 4.79 Å². The van der Waals surface area contributed by atoms with E-state index in [2.05, 4.69) is 20.6 Å². The van der Waals surface area contributed by atoms with Crippen molar-refractivity contribution < 1.29 is 4.79 Å². The van der Waals surface area contributed by atoms with Crippen molar-refractivity contribution in [3.63, 3.8) is 0 Å². The number of nitrogens with zero attached hydrogens (tertiary/aromatic N) is 4. The zero-order valence-corrected chi connectivity index (χ0v) is 14.8. The molecular formula is C16H17N5OS2. The molecule has 0 aliphatic heterocycles. The lowest BCUT2D eigenvalue weighted by molar-refractivity contribution is -0.119. The molecule has 0 fully saturated rings. The van der Waals surface area contributed by atoms with Gasteiger partial charge in [0.15, 0.2) is 4.34 Å². The summed E-state index contributed by atoms with van der Waals surface area (Å²) in [5.41, 5.74) is 1.05. The molecule has 6 nitrogen and oxygen atoms in total. The first-order valence-electron chi connectivity index (χ1n) is 7.45. The molecule has 2 aromatic heterocycles. The number of carbonyl (C=O) groups excluding carboxylic acids is 1. The molecule has 24 heavy (non-hydrogen) atoms. The average Bonchev–Trinajstić information content (AvgIpc) is 3.25. The van der Waals surface area contributed by atoms with Gasteiger partial charge in [-0.3, -0.25) is 9.48 Å². The van der Waals surface area contributed by atoms with Crippen LogP contribution in [0.25, 0.3) is 0 Å². The molecular weight excluding hydrogens is 342 g/mol. The molecule has 0 unspecified atom stereocenters. The Kier molecular flexibility index (Phi) is 5.60. The zero-order valence-electron chi connectivity index (χ0n) is 13.1. The second-order valence-corrected chi connectivity index (χ2v) is 7.54. The Morgan fingerprint density at radius 1 is 1.29 bits per heavy atom. The molecule has 1 N–H and O–H groups in total. The normalized spacial score (nSPS) is 12.0. The van der Waals surface area contributed by atoms with Crippen LogP contribution in [-0.4, -0.2) is 31.6 Å². The van der Waals surface area contributed by atoms with Gasteiger partial charge in [-0.05, 0) is 18.6 Å². The Bertz CT molecular complexity index is 773. The van der Waals surface area contributed by atoms with E-state index >= 15 is 0 Å². The number of hydrogen-bond donors (Lipinski definition) is 1. The standard InChI is InChI=1S/C16H17N5OS2/c1-12-19-20-16(24-12)23-11-15(22)18-14(10-21-9-5-8-17-21)13-6-3-2-4-7-13/h2-9,14H,10-11H2,1H3,(H,18,22)/t14-/m0/s1. The number of aryl methyl sites for hydroxylation is 1. The van der Waals surface area contributed by atoms with Gasteiger partial charge < -0.3 is 5.32 Å². The van der Waals surface area contributed by atoms with Gasteiger partial charge in [0.25, 0.3) is 0 Å². The highest BCUT2D eigenvalue weighted by molar-refractivity contribution is 8.01. The monoisotopic (exact) mass is 359 g/mol. The van der Waals surface area contributed by atoms with Gasteiger partial charge in [-0.15, -0.1) is 10.2 Å². The van der Waals surface area contributed by atoms with Crippen LogP contribution in [0.3, 0.4) is 0 Å². The summed E-state index contributed by atoms with van der Waals surface area (Å²) in [6, 6.07) is 11.7. The van der Waals surface area contributed by atoms with Crippen LogP contribution in [0.1, 0.15) is 16.6 Å². The second-order valence-electron chi connectivity index (χ2n) is 5.13. The molecule has 2 heterocycles. The molecule has 3 rings (SSSR count). The maximum absolute atomic E-state index is 12.3. The van der Waals surface area contributed by atoms with E-state index in [1.807, 2.05) is 54.2 Å². The molecule has 124 valence electrons. The van der Waals surface area contributed by atoms with Gasteiger partial charge >= 0.3 is 0 Å². The lowest BCUT2D eigenvalue weighted by Gasteiger charge is -2.19. The van der Waals surface area contributed by atoms with Crippen molar-refractivity contribution in [3.8, 4) is 0 Å². The van der Waals surface area contributed by atoms with Crippen LogP contribution in [0.15, 0.2) is 53.1 Å². The lowest BCUT2D eigenvalue weighted by Crippen LogP contribution is -2.32. The topological polar surface area (TPSA) is 72.7 Å². The number of rotatable bonds is 7. The SMILES string of the molecule is Cc1nnc(SCC(=O)N[C@@H](Cn2cccn2)c2ccccc2)s1. The predicted molar refractivity (Wildman–Crippen MR) is 94.9 cm³/mol. The minimum absolute atomic E-state index is 0.0335. The zero-order chi connectivity index (χ0) is 16.8. The molecule has 1 aromatic carbocycles. The molecule has 0 radical (unpaired) electrons. The van der Waals surface area contributed by atoms with E-state index in [0.717, 1.165) is 14.9 Å². The third-order valence-electron chi connectivity index (χ3n) is 3.30. The van der Waals surface area contributed by atoms with Gasteiger partial charge in [0, 0.05) is 12.4 Å². The summed E-state index contributed by atoms with van der Waals surface area (Å²) >= 11 is 2.90. The molecule has 0 saturated carbocycles. The summed E-state index contributed by atoms with van der Waals surface area (Å²) in [6.07, 6.45) is 3.62. The molecule has 8 heteroatoms. The van der Waals surface area contributed by atoms with E-state index < -0.39 is 0 Å². The third kappa shape index (κ3) is 4.65. The molecule has 0 bridgehead atoms. The number of thioether (sulfide) groups is 1. The molecule has 0 aliphatic carbocycles. The molecule has 0 saturated heterocycles. The fourth-order valence-electron chi connectivity index (χ4n) is 2.22. The third-order valence-corrected chi connectivity index (χ3v) is 5.27. The van der Waals surface area contributed by atoms with Gasteiger partial charge in [0.2, 0.25) is 5.91 Å². The van der Waals surface area contributed by atoms with Crippen molar-refractivity contribution in [1.82, 2.24) is 25.3 Å². The average molecular weight is 359 g/mol. The van der Waals surface area contributed by atoms with Crippen molar-refractivity contribution in [2.24, 2.45) is 0 Å². The van der Waals surface area contributed by atoms with Crippen LogP contribution in [0.5, 0.6) is 0 Å². The first kappa shape index (κ1) is 16.7. The molecule has 0 aliphatic rings. The predicted octanol–water partition coefficient (Wildman–Crippen LogP) is 2.69. The van der Waals surface area contributed by atoms with Crippen molar-refractivity contribution in [2.75, 3.05) is 5.75 Å². The number of nitrogens with one attached hydrogen (secondary N) is 1. The Hall–Kier alpha value is -2.19. The van der Waals surface area contributed by atoms with Gasteiger partial charge in [0.1, 0.15) is 5.01 Å². The summed E-state index contributed by atoms with van der Waals surface area (Å²) in [6.45, 7) is 2.49. The summed E-state index contributed by atoms with van der Waals surface area (Å²) in [5, 5.41) is 16.2. The first-order chi connectivity index (χ1) is 11.7. The van der Waals surface area contributed by atoms with Crippen LogP contribution in [0, 0.1) is 6.92 Å². The summed E-state index contributed by atoms with van der Waals surface area (Å²) < 4.78 is 2.63. The Balaban J connectivity index is 1.63. The van der Waals surface area contributed by atoms with Crippen molar-refractivity contribution in [3.05, 3.63) is 59.4 Å². The number of carbonyl (C=O) groups is 1. The molecule has 3 aromatic rings. The van der Waals surface area contributed by atoms with Gasteiger partial charge in [-0.1, -0.05) is 53.4 Å². The van der Waals surface area contributed by atoms with Crippen molar-refractivity contribution in [2.45, 2.75) is 23.8 Å². The maximum Gasteiger partial charge on any atom is 0.230 e. The minimum Gasteiger partial charge on any atom is -0.347 e. The van der Waals surface area contributed by atoms with Crippen LogP contribution < -0.4 is 5.32 Å². The Labute approximate surface area is 148 Å². The second kappa shape index (κ2) is 8.07. The fraction of sp³-hybridized carbons (Fsp3) is 0.250. The summed E-state index contributed by atoms with van der Waals surface area (Å²) in [4.78, 5) is 12.3. The van der Waals surface area contributed by atoms with E-state index in [0.29, 0.717) is 12.3 Å². The molecule has 0 spiro atoms. The quantitative estimate of drug-likeness (QED) is 0.657. The number of amides is 1. The highest BCUT2D eigenvalue weighted by atomic mass is 32.2. The number of hydrogen-bond acceptors (Lipinski definition) is 6. The fourth-order valence-corrected chi connectivity index (χ4v) is 3.84. The lowest BCUT2D eigenvalue weighted by atomic mass is 10.1. The van der Waals surface area contributed by atoms with Crippen molar-refractivity contribution in [1.29, 1.82) is 0 Å². The summed E-state index contributed by atoms with van der Waals surface area (Å²) in [5.74, 6) is 0.283. The minimum atomic E-state index is -0.129. The van der Waals surface area contributed by atoms with Crippen molar-refractivity contribution >= 4 is 29.0 Å². The van der Waals surface area contributed by atoms with Gasteiger partial charge in [0.05, 0.1) is 18.3 Å². The van der Waals surface area contributed by atoms with Crippen LogP contribution in [-0.2, 0) is 11.3 Å². The van der Waals surface area contributed by atoms with Crippen LogP contribution in [0.2, 0.25) is 0 Å². The van der Waals surface area contributed by atoms with Gasteiger partial charge in [-0.25, -0.2) is 0 Å². The Morgan fingerprint density at radius 2 is 2.12 bits per heavy atom. The van der Waals surface area contributed by atoms with Crippen LogP contribution >= 0.6 is 23.1 Å². The summed E-state index contributed by atoms with van der Waals surface area (Å²) in [7, 11) is 0. The van der Waals surface area contributed by atoms with Crippen LogP contribution in [0.4, 0.5) is 0 Å². The Morgan fingerprint density at radius 3 is 2.79 bits per heavy atom.